The summed E-state index contributed by atoms with van der Waals surface area (Å²) in [6.07, 6.45) is 4.79. The first-order valence-corrected chi connectivity index (χ1v) is 7.91. The van der Waals surface area contributed by atoms with Crippen LogP contribution in [0.15, 0.2) is 18.2 Å². The molecule has 0 aliphatic carbocycles. The molecule has 4 nitrogen and oxygen atoms in total. The highest BCUT2D eigenvalue weighted by Crippen LogP contribution is 2.17. The van der Waals surface area contributed by atoms with Crippen LogP contribution in [0.3, 0.4) is 0 Å². The Labute approximate surface area is 131 Å². The van der Waals surface area contributed by atoms with Crippen LogP contribution in [0.2, 0.25) is 0 Å². The molecule has 1 heterocycles. The first-order valence-electron chi connectivity index (χ1n) is 7.91. The molecule has 1 aliphatic heterocycles. The van der Waals surface area contributed by atoms with Crippen LogP contribution in [-0.2, 0) is 9.53 Å². The lowest BCUT2D eigenvalue weighted by molar-refractivity contribution is -0.117. The number of amides is 1. The van der Waals surface area contributed by atoms with Crippen molar-refractivity contribution in [1.82, 2.24) is 4.90 Å². The molecule has 1 saturated heterocycles. The van der Waals surface area contributed by atoms with Crippen LogP contribution in [0.4, 0.5) is 10.1 Å². The van der Waals surface area contributed by atoms with Gasteiger partial charge in [-0.25, -0.2) is 4.39 Å². The number of aryl methyl sites for hydroxylation is 1. The second-order valence-corrected chi connectivity index (χ2v) is 6.03. The molecule has 0 bridgehead atoms. The molecule has 1 atom stereocenters. The normalized spacial score (nSPS) is 17.9. The molecule has 0 saturated carbocycles. The predicted molar refractivity (Wildman–Crippen MR) is 85.5 cm³/mol. The van der Waals surface area contributed by atoms with Gasteiger partial charge in [-0.3, -0.25) is 9.69 Å². The molecule has 5 heteroatoms. The highest BCUT2D eigenvalue weighted by Gasteiger charge is 2.15. The molecule has 0 radical (unpaired) electrons. The van der Waals surface area contributed by atoms with E-state index < -0.39 is 0 Å². The third kappa shape index (κ3) is 5.39. The first-order chi connectivity index (χ1) is 10.5. The number of anilines is 1. The second kappa shape index (κ2) is 8.25. The monoisotopic (exact) mass is 308 g/mol. The zero-order valence-electron chi connectivity index (χ0n) is 13.4. The zero-order valence-corrected chi connectivity index (χ0v) is 13.4. The summed E-state index contributed by atoms with van der Waals surface area (Å²) in [5.74, 6) is -0.425. The van der Waals surface area contributed by atoms with E-state index in [0.717, 1.165) is 38.8 Å². The largest absolute Gasteiger partial charge is 0.378 e. The summed E-state index contributed by atoms with van der Waals surface area (Å²) >= 11 is 0. The van der Waals surface area contributed by atoms with E-state index in [0.29, 0.717) is 23.9 Å². The van der Waals surface area contributed by atoms with Gasteiger partial charge >= 0.3 is 0 Å². The topological polar surface area (TPSA) is 41.6 Å². The number of ether oxygens (including phenoxy) is 1. The minimum Gasteiger partial charge on any atom is -0.378 e. The van der Waals surface area contributed by atoms with Gasteiger partial charge in [0.1, 0.15) is 5.82 Å². The summed E-state index contributed by atoms with van der Waals surface area (Å²) in [7, 11) is 1.92. The van der Waals surface area contributed by atoms with Crippen molar-refractivity contribution in [2.45, 2.75) is 38.7 Å². The summed E-state index contributed by atoms with van der Waals surface area (Å²) in [5.41, 5.74) is 1.07. The Morgan fingerprint density at radius 2 is 2.32 bits per heavy atom. The summed E-state index contributed by atoms with van der Waals surface area (Å²) in [5, 5.41) is 2.73. The van der Waals surface area contributed by atoms with E-state index >= 15 is 0 Å². The molecule has 2 rings (SSSR count). The molecule has 22 heavy (non-hydrogen) atoms. The summed E-state index contributed by atoms with van der Waals surface area (Å²) in [4.78, 5) is 13.9. The van der Waals surface area contributed by atoms with E-state index in [9.17, 15) is 9.18 Å². The van der Waals surface area contributed by atoms with Crippen molar-refractivity contribution in [3.05, 3.63) is 29.6 Å². The molecule has 1 unspecified atom stereocenters. The third-order valence-electron chi connectivity index (χ3n) is 3.96. The fraction of sp³-hybridized carbons (Fsp3) is 0.588. The third-order valence-corrected chi connectivity index (χ3v) is 3.96. The molecular weight excluding hydrogens is 283 g/mol. The fourth-order valence-corrected chi connectivity index (χ4v) is 2.66. The smallest absolute Gasteiger partial charge is 0.238 e. The van der Waals surface area contributed by atoms with Crippen LogP contribution in [0, 0.1) is 12.7 Å². The summed E-state index contributed by atoms with van der Waals surface area (Å²) in [6.45, 7) is 3.75. The number of nitrogens with zero attached hydrogens (tertiary/aromatic N) is 1. The predicted octanol–water partition coefficient (Wildman–Crippen LogP) is 2.96. The van der Waals surface area contributed by atoms with Crippen molar-refractivity contribution in [3.8, 4) is 0 Å². The quantitative estimate of drug-likeness (QED) is 0.842. The van der Waals surface area contributed by atoms with E-state index in [2.05, 4.69) is 5.32 Å². The van der Waals surface area contributed by atoms with E-state index in [4.69, 9.17) is 4.74 Å². The molecule has 1 aromatic rings. The van der Waals surface area contributed by atoms with Gasteiger partial charge in [-0.15, -0.1) is 0 Å². The van der Waals surface area contributed by atoms with Gasteiger partial charge < -0.3 is 10.1 Å². The fourth-order valence-electron chi connectivity index (χ4n) is 2.66. The van der Waals surface area contributed by atoms with Gasteiger partial charge in [0, 0.05) is 12.3 Å². The van der Waals surface area contributed by atoms with Crippen LogP contribution >= 0.6 is 0 Å². The molecule has 122 valence electrons. The van der Waals surface area contributed by atoms with Gasteiger partial charge in [-0.05, 0) is 63.9 Å². The number of halogens is 1. The highest BCUT2D eigenvalue weighted by molar-refractivity contribution is 5.92. The number of benzene rings is 1. The average molecular weight is 308 g/mol. The van der Waals surface area contributed by atoms with Crippen molar-refractivity contribution in [2.75, 3.05) is 32.1 Å². The van der Waals surface area contributed by atoms with E-state index in [1.807, 2.05) is 11.9 Å². The Morgan fingerprint density at radius 3 is 3.00 bits per heavy atom. The molecule has 0 spiro atoms. The number of likely N-dealkylation sites (N-methyl/N-ethyl adjacent to an activating group) is 1. The number of nitrogens with one attached hydrogen (secondary N) is 1. The lowest BCUT2D eigenvalue weighted by Crippen LogP contribution is -2.31. The minimum atomic E-state index is -0.303. The molecular formula is C17H25FN2O2. The maximum atomic E-state index is 13.4. The van der Waals surface area contributed by atoms with Crippen molar-refractivity contribution in [2.24, 2.45) is 0 Å². The Hall–Kier alpha value is -1.46. The number of hydrogen-bond donors (Lipinski definition) is 1. The number of carbonyl (C=O) groups excluding carboxylic acids is 1. The number of carbonyl (C=O) groups is 1. The SMILES string of the molecule is Cc1ccc(NC(=O)CN(C)CCCC2CCCO2)cc1F. The Bertz CT molecular complexity index is 501. The van der Waals surface area contributed by atoms with Crippen LogP contribution < -0.4 is 5.32 Å². The second-order valence-electron chi connectivity index (χ2n) is 6.03. The van der Waals surface area contributed by atoms with Crippen molar-refractivity contribution in [3.63, 3.8) is 0 Å². The van der Waals surface area contributed by atoms with Crippen molar-refractivity contribution in [1.29, 1.82) is 0 Å². The van der Waals surface area contributed by atoms with E-state index in [1.165, 1.54) is 6.07 Å². The van der Waals surface area contributed by atoms with E-state index in [1.54, 1.807) is 19.1 Å². The molecule has 1 aliphatic rings. The molecule has 1 amide bonds. The summed E-state index contributed by atoms with van der Waals surface area (Å²) < 4.78 is 19.0. The Balaban J connectivity index is 1.67. The van der Waals surface area contributed by atoms with Gasteiger partial charge in [-0.2, -0.15) is 0 Å². The van der Waals surface area contributed by atoms with Gasteiger partial charge in [-0.1, -0.05) is 6.07 Å². The maximum Gasteiger partial charge on any atom is 0.238 e. The molecule has 1 N–H and O–H groups in total. The zero-order chi connectivity index (χ0) is 15.9. The van der Waals surface area contributed by atoms with Crippen molar-refractivity contribution < 1.29 is 13.9 Å². The van der Waals surface area contributed by atoms with Crippen LogP contribution in [-0.4, -0.2) is 43.7 Å². The van der Waals surface area contributed by atoms with Gasteiger partial charge in [0.15, 0.2) is 0 Å². The highest BCUT2D eigenvalue weighted by atomic mass is 19.1. The average Bonchev–Trinajstić information content (AvgIpc) is 2.96. The van der Waals surface area contributed by atoms with Gasteiger partial charge in [0.2, 0.25) is 5.91 Å². The first kappa shape index (κ1) is 16.9. The van der Waals surface area contributed by atoms with Crippen LogP contribution in [0.5, 0.6) is 0 Å². The van der Waals surface area contributed by atoms with Gasteiger partial charge in [0.05, 0.1) is 12.6 Å². The Morgan fingerprint density at radius 1 is 1.50 bits per heavy atom. The number of rotatable bonds is 7. The Kier molecular flexibility index (Phi) is 6.34. The minimum absolute atomic E-state index is 0.122. The standard InChI is InChI=1S/C17H25FN2O2/c1-13-7-8-14(11-16(13)18)19-17(21)12-20(2)9-3-5-15-6-4-10-22-15/h7-8,11,15H,3-6,9-10,12H2,1-2H3,(H,19,21). The molecule has 0 aromatic heterocycles. The lowest BCUT2D eigenvalue weighted by atomic mass is 10.1. The van der Waals surface area contributed by atoms with Crippen molar-refractivity contribution >= 4 is 11.6 Å². The summed E-state index contributed by atoms with van der Waals surface area (Å²) in [6, 6.07) is 4.73. The van der Waals surface area contributed by atoms with Crippen LogP contribution in [0.1, 0.15) is 31.2 Å². The maximum absolute atomic E-state index is 13.4. The molecule has 1 fully saturated rings. The lowest BCUT2D eigenvalue weighted by Gasteiger charge is -2.17. The molecule has 1 aromatic carbocycles. The van der Waals surface area contributed by atoms with Crippen LogP contribution in [0.25, 0.3) is 0 Å². The number of hydrogen-bond acceptors (Lipinski definition) is 3. The van der Waals surface area contributed by atoms with Gasteiger partial charge in [0.25, 0.3) is 0 Å². The van der Waals surface area contributed by atoms with E-state index in [-0.39, 0.29) is 11.7 Å².